The number of carboxylic acid groups (broad SMARTS) is 1. The van der Waals surface area contributed by atoms with Crippen LogP contribution in [0.15, 0.2) is 4.99 Å². The number of aliphatic carboxylic acids is 1. The molecule has 0 aliphatic carbocycles. The molecule has 0 spiro atoms. The van der Waals surface area contributed by atoms with E-state index in [-0.39, 0.29) is 56.2 Å². The third-order valence-electron chi connectivity index (χ3n) is 9.36. The quantitative estimate of drug-likeness (QED) is 0.0126. The number of carbonyl (C=O) groups excluding carboxylic acids is 8. The van der Waals surface area contributed by atoms with Gasteiger partial charge in [-0.25, -0.2) is 4.79 Å². The van der Waals surface area contributed by atoms with Gasteiger partial charge in [0, 0.05) is 18.1 Å². The molecule has 0 saturated carbocycles. The second-order valence-corrected chi connectivity index (χ2v) is 16.7. The van der Waals surface area contributed by atoms with E-state index in [0.717, 1.165) is 0 Å². The summed E-state index contributed by atoms with van der Waals surface area (Å²) in [5.41, 5.74) is 22.1. The van der Waals surface area contributed by atoms with E-state index < -0.39 is 127 Å². The molecule has 0 unspecified atom stereocenters. The number of nitrogens with zero attached hydrogens (tertiary/aromatic N) is 1. The van der Waals surface area contributed by atoms with Crippen molar-refractivity contribution in [2.75, 3.05) is 49.8 Å². The Morgan fingerprint density at radius 2 is 1.03 bits per heavy atom. The van der Waals surface area contributed by atoms with E-state index >= 15 is 0 Å². The fraction of sp³-hybridized carbons (Fsp3) is 0.730. The van der Waals surface area contributed by atoms with Crippen LogP contribution in [0, 0.1) is 5.92 Å². The first kappa shape index (κ1) is 60.4. The molecule has 0 aromatic carbocycles. The summed E-state index contributed by atoms with van der Waals surface area (Å²) >= 11 is 9.20. The van der Waals surface area contributed by atoms with E-state index in [4.69, 9.17) is 22.9 Å². The third kappa shape index (κ3) is 23.4. The Kier molecular flexibility index (Phi) is 30.6. The van der Waals surface area contributed by atoms with E-state index in [0.29, 0.717) is 18.6 Å². The van der Waals surface area contributed by atoms with Crippen molar-refractivity contribution in [2.45, 2.75) is 114 Å². The minimum absolute atomic E-state index is 0.00183. The number of unbranched alkanes of at least 4 members (excludes halogenated alkanes) is 1. The number of thiol groups is 2. The number of aliphatic hydroxyl groups is 2. The van der Waals surface area contributed by atoms with Gasteiger partial charge in [0.2, 0.25) is 47.3 Å². The molecule has 25 nitrogen and oxygen atoms in total. The summed E-state index contributed by atoms with van der Waals surface area (Å²) in [5, 5.41) is 48.8. The van der Waals surface area contributed by atoms with Crippen molar-refractivity contribution in [3.8, 4) is 0 Å². The molecule has 372 valence electrons. The number of carboxylic acids is 1. The van der Waals surface area contributed by atoms with Gasteiger partial charge in [0.05, 0.1) is 19.3 Å². The fourth-order valence-corrected chi connectivity index (χ4v) is 6.40. The highest BCUT2D eigenvalue weighted by Gasteiger charge is 2.35. The van der Waals surface area contributed by atoms with Crippen LogP contribution in [0.2, 0.25) is 0 Å². The van der Waals surface area contributed by atoms with Gasteiger partial charge in [0.25, 0.3) is 0 Å². The number of carbonyl (C=O) groups is 9. The number of nitrogens with two attached hydrogens (primary N) is 4. The predicted molar refractivity (Wildman–Crippen MR) is 249 cm³/mol. The lowest BCUT2D eigenvalue weighted by atomic mass is 10.0. The number of guanidine groups is 1. The van der Waals surface area contributed by atoms with Crippen molar-refractivity contribution < 1.29 is 58.5 Å². The Bertz CT molecular complexity index is 1610. The normalized spacial score (nSPS) is 15.2. The third-order valence-corrected chi connectivity index (χ3v) is 10.8. The van der Waals surface area contributed by atoms with Crippen LogP contribution < -0.4 is 65.5 Å². The molecular formula is C37H69N13O12S3. The number of hydrogen-bond donors (Lipinski definition) is 17. The first-order chi connectivity index (χ1) is 30.6. The first-order valence-electron chi connectivity index (χ1n) is 20.7. The van der Waals surface area contributed by atoms with E-state index in [1.807, 2.05) is 0 Å². The highest BCUT2D eigenvalue weighted by Crippen LogP contribution is 2.09. The Hall–Kier alpha value is -4.61. The van der Waals surface area contributed by atoms with Crippen LogP contribution in [-0.4, -0.2) is 179 Å². The Labute approximate surface area is 393 Å². The lowest BCUT2D eigenvalue weighted by Crippen LogP contribution is -2.61. The molecule has 0 aromatic rings. The van der Waals surface area contributed by atoms with Gasteiger partial charge in [-0.15, -0.1) is 0 Å². The minimum Gasteiger partial charge on any atom is -0.480 e. The molecule has 0 rings (SSSR count). The van der Waals surface area contributed by atoms with Crippen LogP contribution in [0.4, 0.5) is 0 Å². The summed E-state index contributed by atoms with van der Waals surface area (Å²) in [6.07, 6.45) is 2.56. The zero-order valence-electron chi connectivity index (χ0n) is 37.0. The first-order valence-corrected chi connectivity index (χ1v) is 23.4. The SMILES string of the molecule is CSCC[C@H](NC(=O)[C@H](CCCCN)NC(=O)[C@H](CO)NC(=O)[C@H](C)NC(=O)[C@@H](N)CS)C(=O)N[C@@H](CCCN=C(N)N)C(=O)N[C@@H](CO)C(=O)N[C@H](C(=O)N[C@@H](CS)C(=O)O)C(C)C. The molecule has 9 atom stereocenters. The number of aliphatic hydroxyl groups excluding tert-OH is 2. The Morgan fingerprint density at radius 3 is 1.46 bits per heavy atom. The molecule has 0 aromatic heterocycles. The van der Waals surface area contributed by atoms with E-state index in [1.165, 1.54) is 18.7 Å². The van der Waals surface area contributed by atoms with Gasteiger partial charge in [0.15, 0.2) is 5.96 Å². The molecule has 0 fully saturated rings. The summed E-state index contributed by atoms with van der Waals surface area (Å²) in [6, 6.07) is -12.1. The standard InChI is InChI=1S/C37H69N13O12S3/c1-18(2)27(35(60)49-26(17-64)36(61)62)50-34(59)25(15-52)48-31(56)22(9-7-12-42-37(40)41)44-32(57)23(10-13-65-4)46-30(55)21(8-5-6-11-38)45-33(58)24(14-51)47-28(53)19(3)43-29(54)20(39)16-63/h18-27,51-52,63-64H,5-17,38-39H2,1-4H3,(H,43,54)(H,44,57)(H,45,58)(H,46,55)(H,47,53)(H,48,56)(H,49,60)(H,50,59)(H,61,62)(H4,40,41,42)/t19-,20-,21-,22-,23-,24-,25-,26-,27-/m0/s1. The molecule has 0 heterocycles. The van der Waals surface area contributed by atoms with Gasteiger partial charge in [-0.2, -0.15) is 37.0 Å². The van der Waals surface area contributed by atoms with Gasteiger partial charge in [-0.05, 0) is 69.9 Å². The van der Waals surface area contributed by atoms with E-state index in [9.17, 15) is 58.5 Å². The maximum absolute atomic E-state index is 13.9. The van der Waals surface area contributed by atoms with Gasteiger partial charge >= 0.3 is 5.97 Å². The Balaban J connectivity index is 6.40. The van der Waals surface area contributed by atoms with Gasteiger partial charge in [-0.3, -0.25) is 43.3 Å². The molecule has 0 saturated heterocycles. The lowest BCUT2D eigenvalue weighted by Gasteiger charge is -2.28. The summed E-state index contributed by atoms with van der Waals surface area (Å²) in [4.78, 5) is 121. The van der Waals surface area contributed by atoms with Crippen LogP contribution >= 0.6 is 37.0 Å². The lowest BCUT2D eigenvalue weighted by molar-refractivity contribution is -0.142. The maximum atomic E-state index is 13.9. The minimum atomic E-state index is -1.66. The van der Waals surface area contributed by atoms with Crippen LogP contribution in [-0.2, 0) is 43.2 Å². The number of rotatable bonds is 33. The summed E-state index contributed by atoms with van der Waals surface area (Å²) in [7, 11) is 0. The zero-order valence-corrected chi connectivity index (χ0v) is 39.6. The molecule has 19 N–H and O–H groups in total. The number of thioether (sulfide) groups is 1. The zero-order chi connectivity index (χ0) is 49.8. The van der Waals surface area contributed by atoms with Gasteiger partial charge < -0.3 is 80.8 Å². The second-order valence-electron chi connectivity index (χ2n) is 15.0. The fourth-order valence-electron chi connectivity index (χ4n) is 5.52. The largest absolute Gasteiger partial charge is 0.480 e. The average Bonchev–Trinajstić information content (AvgIpc) is 3.26. The summed E-state index contributed by atoms with van der Waals surface area (Å²) in [6.45, 7) is 2.87. The van der Waals surface area contributed by atoms with Crippen molar-refractivity contribution in [3.63, 3.8) is 0 Å². The van der Waals surface area contributed by atoms with Crippen LogP contribution in [0.5, 0.6) is 0 Å². The monoisotopic (exact) mass is 983 g/mol. The number of hydrogen-bond acceptors (Lipinski definition) is 17. The highest BCUT2D eigenvalue weighted by atomic mass is 32.2. The van der Waals surface area contributed by atoms with Crippen molar-refractivity contribution in [1.29, 1.82) is 0 Å². The van der Waals surface area contributed by atoms with E-state index in [2.05, 4.69) is 72.8 Å². The predicted octanol–water partition coefficient (Wildman–Crippen LogP) is -6.27. The molecule has 0 radical (unpaired) electrons. The summed E-state index contributed by atoms with van der Waals surface area (Å²) < 4.78 is 0. The smallest absolute Gasteiger partial charge is 0.327 e. The van der Waals surface area contributed by atoms with Crippen molar-refractivity contribution >= 4 is 96.2 Å². The molecule has 0 aliphatic rings. The van der Waals surface area contributed by atoms with Crippen molar-refractivity contribution in [3.05, 3.63) is 0 Å². The number of aliphatic imine (C=N–C) groups is 1. The molecule has 0 bridgehead atoms. The second kappa shape index (κ2) is 33.0. The average molecular weight is 984 g/mol. The van der Waals surface area contributed by atoms with Crippen molar-refractivity contribution in [2.24, 2.45) is 33.8 Å². The Morgan fingerprint density at radius 1 is 0.585 bits per heavy atom. The van der Waals surface area contributed by atoms with Crippen molar-refractivity contribution in [1.82, 2.24) is 42.5 Å². The maximum Gasteiger partial charge on any atom is 0.327 e. The highest BCUT2D eigenvalue weighted by molar-refractivity contribution is 7.98. The van der Waals surface area contributed by atoms with Crippen LogP contribution in [0.3, 0.4) is 0 Å². The van der Waals surface area contributed by atoms with Gasteiger partial charge in [0.1, 0.15) is 48.3 Å². The van der Waals surface area contributed by atoms with Crippen LogP contribution in [0.25, 0.3) is 0 Å². The number of amides is 8. The van der Waals surface area contributed by atoms with Gasteiger partial charge in [-0.1, -0.05) is 13.8 Å². The molecular weight excluding hydrogens is 915 g/mol. The molecule has 8 amide bonds. The molecule has 28 heteroatoms. The number of nitrogens with one attached hydrogen (secondary N) is 8. The molecule has 65 heavy (non-hydrogen) atoms. The summed E-state index contributed by atoms with van der Waals surface area (Å²) in [5.74, 6) is -9.10. The van der Waals surface area contributed by atoms with Crippen LogP contribution in [0.1, 0.15) is 59.3 Å². The topological polar surface area (TPSA) is 427 Å². The molecule has 0 aliphatic heterocycles. The van der Waals surface area contributed by atoms with E-state index in [1.54, 1.807) is 20.1 Å².